The number of nitrogens with one attached hydrogen (secondary N) is 2. The Balaban J connectivity index is 1.69. The zero-order valence-electron chi connectivity index (χ0n) is 14.8. The molecule has 0 bridgehead atoms. The van der Waals surface area contributed by atoms with Crippen LogP contribution in [0, 0.1) is 12.7 Å². The van der Waals surface area contributed by atoms with Crippen LogP contribution in [0.25, 0.3) is 0 Å². The summed E-state index contributed by atoms with van der Waals surface area (Å²) in [7, 11) is 0. The minimum Gasteiger partial charge on any atom is -0.354 e. The summed E-state index contributed by atoms with van der Waals surface area (Å²) >= 11 is 0. The molecule has 1 aromatic heterocycles. The number of rotatable bonds is 2. The number of H-pyrrole nitrogens is 1. The molecule has 1 aromatic carbocycles. The second-order valence-electron chi connectivity index (χ2n) is 7.03. The number of carbonyl (C=O) groups excluding carboxylic acids is 2. The maximum atomic E-state index is 13.7. The molecule has 2 N–H and O–H groups in total. The maximum Gasteiger partial charge on any atom is 0.271 e. The van der Waals surface area contributed by atoms with E-state index in [0.29, 0.717) is 37.3 Å². The number of aromatic nitrogens is 1. The molecule has 0 saturated carbocycles. The molecule has 0 spiro atoms. The molecule has 26 heavy (non-hydrogen) atoms. The van der Waals surface area contributed by atoms with Gasteiger partial charge in [0.15, 0.2) is 5.78 Å². The molecule has 5 nitrogen and oxygen atoms in total. The van der Waals surface area contributed by atoms with Gasteiger partial charge in [-0.15, -0.1) is 0 Å². The largest absolute Gasteiger partial charge is 0.354 e. The Morgan fingerprint density at radius 3 is 2.92 bits per heavy atom. The van der Waals surface area contributed by atoms with Gasteiger partial charge in [0, 0.05) is 37.3 Å². The average molecular weight is 355 g/mol. The first kappa shape index (κ1) is 17.0. The number of aryl methyl sites for hydroxylation is 1. The molecular weight excluding hydrogens is 333 g/mol. The molecule has 136 valence electrons. The van der Waals surface area contributed by atoms with Crippen molar-refractivity contribution in [3.63, 3.8) is 0 Å². The van der Waals surface area contributed by atoms with E-state index in [4.69, 9.17) is 0 Å². The molecule has 1 aliphatic heterocycles. The average Bonchev–Trinajstić information content (AvgIpc) is 2.99. The van der Waals surface area contributed by atoms with Crippen LogP contribution < -0.4 is 5.32 Å². The summed E-state index contributed by atoms with van der Waals surface area (Å²) in [4.78, 5) is 30.5. The van der Waals surface area contributed by atoms with Gasteiger partial charge in [-0.1, -0.05) is 12.1 Å². The lowest BCUT2D eigenvalue weighted by atomic mass is 9.93. The van der Waals surface area contributed by atoms with E-state index in [0.717, 1.165) is 29.7 Å². The van der Waals surface area contributed by atoms with E-state index < -0.39 is 0 Å². The van der Waals surface area contributed by atoms with Gasteiger partial charge < -0.3 is 15.2 Å². The molecule has 1 aliphatic carbocycles. The fourth-order valence-electron chi connectivity index (χ4n) is 4.09. The Kier molecular flexibility index (Phi) is 4.36. The number of ketones is 1. The van der Waals surface area contributed by atoms with E-state index in [1.807, 2.05) is 13.0 Å². The summed E-state index contributed by atoms with van der Waals surface area (Å²) in [5.74, 6) is -0.320. The number of Topliss-reactive ketones (excluding diaryl/α,β-unsaturated/α-hetero) is 1. The third kappa shape index (κ3) is 2.84. The molecule has 1 saturated heterocycles. The van der Waals surface area contributed by atoms with Gasteiger partial charge in [0.2, 0.25) is 0 Å². The number of halogens is 1. The van der Waals surface area contributed by atoms with E-state index >= 15 is 0 Å². The quantitative estimate of drug-likeness (QED) is 0.871. The molecule has 2 aromatic rings. The highest BCUT2D eigenvalue weighted by Crippen LogP contribution is 2.30. The molecular formula is C20H22FN3O2. The van der Waals surface area contributed by atoms with Crippen LogP contribution in [-0.4, -0.2) is 41.2 Å². The van der Waals surface area contributed by atoms with Crippen LogP contribution in [0.1, 0.15) is 56.6 Å². The highest BCUT2D eigenvalue weighted by molar-refractivity contribution is 6.04. The summed E-state index contributed by atoms with van der Waals surface area (Å²) in [6.45, 7) is 3.64. The predicted molar refractivity (Wildman–Crippen MR) is 95.8 cm³/mol. The van der Waals surface area contributed by atoms with Crippen molar-refractivity contribution >= 4 is 11.7 Å². The van der Waals surface area contributed by atoms with Gasteiger partial charge in [0.05, 0.1) is 6.04 Å². The fraction of sp³-hybridized carbons (Fsp3) is 0.400. The molecule has 1 unspecified atom stereocenters. The van der Waals surface area contributed by atoms with Crippen LogP contribution in [0.15, 0.2) is 24.3 Å². The lowest BCUT2D eigenvalue weighted by Crippen LogP contribution is -2.49. The Hall–Kier alpha value is -2.47. The molecule has 6 heteroatoms. The topological polar surface area (TPSA) is 65.2 Å². The molecule has 1 fully saturated rings. The van der Waals surface area contributed by atoms with Crippen LogP contribution in [0.3, 0.4) is 0 Å². The number of hydrogen-bond acceptors (Lipinski definition) is 3. The minimum atomic E-state index is -0.308. The van der Waals surface area contributed by atoms with E-state index in [2.05, 4.69) is 10.3 Å². The van der Waals surface area contributed by atoms with Crippen molar-refractivity contribution in [1.29, 1.82) is 0 Å². The van der Waals surface area contributed by atoms with E-state index in [1.165, 1.54) is 12.1 Å². The Labute approximate surface area is 151 Å². The first-order valence-electron chi connectivity index (χ1n) is 9.08. The zero-order chi connectivity index (χ0) is 18.3. The number of nitrogens with zero attached hydrogens (tertiary/aromatic N) is 1. The van der Waals surface area contributed by atoms with E-state index in [1.54, 1.807) is 11.0 Å². The van der Waals surface area contributed by atoms with Crippen LogP contribution in [-0.2, 0) is 6.42 Å². The number of benzene rings is 1. The SMILES string of the molecule is Cc1c(C(=O)N2CCNCC2c2cccc(F)c2)[nH]c2c1C(=O)CCC2. The summed E-state index contributed by atoms with van der Waals surface area (Å²) < 4.78 is 13.7. The van der Waals surface area contributed by atoms with E-state index in [-0.39, 0.29) is 23.5 Å². The minimum absolute atomic E-state index is 0.112. The van der Waals surface area contributed by atoms with Crippen molar-refractivity contribution in [2.45, 2.75) is 32.2 Å². The van der Waals surface area contributed by atoms with E-state index in [9.17, 15) is 14.0 Å². The van der Waals surface area contributed by atoms with Gasteiger partial charge in [0.1, 0.15) is 11.5 Å². The zero-order valence-corrected chi connectivity index (χ0v) is 14.8. The fourth-order valence-corrected chi connectivity index (χ4v) is 4.09. The number of aromatic amines is 1. The van der Waals surface area contributed by atoms with Gasteiger partial charge in [-0.3, -0.25) is 9.59 Å². The van der Waals surface area contributed by atoms with Gasteiger partial charge in [-0.25, -0.2) is 4.39 Å². The first-order valence-corrected chi connectivity index (χ1v) is 9.08. The number of piperazine rings is 1. The second-order valence-corrected chi connectivity index (χ2v) is 7.03. The highest BCUT2D eigenvalue weighted by Gasteiger charge is 2.33. The Morgan fingerprint density at radius 2 is 2.15 bits per heavy atom. The molecule has 4 rings (SSSR count). The summed E-state index contributed by atoms with van der Waals surface area (Å²) in [5, 5.41) is 3.28. The first-order chi connectivity index (χ1) is 12.6. The normalized spacial score (nSPS) is 20.2. The maximum absolute atomic E-state index is 13.7. The van der Waals surface area contributed by atoms with Crippen LogP contribution in [0.4, 0.5) is 4.39 Å². The van der Waals surface area contributed by atoms with Crippen LogP contribution >= 0.6 is 0 Å². The van der Waals surface area contributed by atoms with Crippen LogP contribution in [0.5, 0.6) is 0 Å². The molecule has 1 amide bonds. The predicted octanol–water partition coefficient (Wildman–Crippen LogP) is 2.77. The molecule has 2 aliphatic rings. The van der Waals surface area contributed by atoms with Gasteiger partial charge in [-0.2, -0.15) is 0 Å². The number of carbonyl (C=O) groups is 2. The standard InChI is InChI=1S/C20H22FN3O2/c1-12-18-15(6-3-7-17(18)25)23-19(12)20(26)24-9-8-22-11-16(24)13-4-2-5-14(21)10-13/h2,4-5,10,16,22-23H,3,6-9,11H2,1H3. The summed E-state index contributed by atoms with van der Waals surface area (Å²) in [5.41, 5.74) is 3.58. The van der Waals surface area contributed by atoms with Gasteiger partial charge in [0.25, 0.3) is 5.91 Å². The van der Waals surface area contributed by atoms with Gasteiger partial charge in [-0.05, 0) is 43.0 Å². The smallest absolute Gasteiger partial charge is 0.271 e. The lowest BCUT2D eigenvalue weighted by molar-refractivity contribution is 0.0627. The molecule has 2 heterocycles. The summed E-state index contributed by atoms with van der Waals surface area (Å²) in [6.07, 6.45) is 2.15. The van der Waals surface area contributed by atoms with Crippen molar-refractivity contribution in [3.05, 3.63) is 58.2 Å². The molecule has 1 atom stereocenters. The third-order valence-corrected chi connectivity index (χ3v) is 5.39. The second kappa shape index (κ2) is 6.68. The van der Waals surface area contributed by atoms with Crippen LogP contribution in [0.2, 0.25) is 0 Å². The highest BCUT2D eigenvalue weighted by atomic mass is 19.1. The number of fused-ring (bicyclic) bond motifs is 1. The lowest BCUT2D eigenvalue weighted by Gasteiger charge is -2.36. The van der Waals surface area contributed by atoms with Gasteiger partial charge >= 0.3 is 0 Å². The number of hydrogen-bond donors (Lipinski definition) is 2. The van der Waals surface area contributed by atoms with Crippen molar-refractivity contribution in [2.75, 3.05) is 19.6 Å². The van der Waals surface area contributed by atoms with Crippen molar-refractivity contribution in [3.8, 4) is 0 Å². The Morgan fingerprint density at radius 1 is 1.31 bits per heavy atom. The van der Waals surface area contributed by atoms with Crippen molar-refractivity contribution in [1.82, 2.24) is 15.2 Å². The molecule has 0 radical (unpaired) electrons. The van der Waals surface area contributed by atoms with Crippen molar-refractivity contribution < 1.29 is 14.0 Å². The van der Waals surface area contributed by atoms with Crippen molar-refractivity contribution in [2.24, 2.45) is 0 Å². The monoisotopic (exact) mass is 355 g/mol. The Bertz CT molecular complexity index is 874. The third-order valence-electron chi connectivity index (χ3n) is 5.39. The summed E-state index contributed by atoms with van der Waals surface area (Å²) in [6, 6.07) is 6.16. The number of amides is 1.